The van der Waals surface area contributed by atoms with Crippen LogP contribution in [0.15, 0.2) is 53.3 Å². The van der Waals surface area contributed by atoms with Gasteiger partial charge in [-0.2, -0.15) is 4.31 Å². The first kappa shape index (κ1) is 26.1. The molecule has 0 aliphatic carbocycles. The summed E-state index contributed by atoms with van der Waals surface area (Å²) in [7, 11) is -3.20. The monoisotopic (exact) mass is 536 g/mol. The molecule has 10 heteroatoms. The van der Waals surface area contributed by atoms with E-state index in [0.29, 0.717) is 54.9 Å². The van der Waals surface area contributed by atoms with Crippen LogP contribution in [0.4, 0.5) is 0 Å². The minimum absolute atomic E-state index is 0.302. The number of sulfonamides is 1. The van der Waals surface area contributed by atoms with E-state index in [4.69, 9.17) is 4.74 Å². The average molecular weight is 537 g/mol. The number of pyridine rings is 1. The smallest absolute Gasteiger partial charge is 0.341 e. The second kappa shape index (κ2) is 9.68. The molecule has 0 bridgehead atoms. The molecule has 0 spiro atoms. The largest absolute Gasteiger partial charge is 0.456 e. The lowest BCUT2D eigenvalue weighted by atomic mass is 10.0. The van der Waals surface area contributed by atoms with Crippen molar-refractivity contribution in [2.75, 3.05) is 32.4 Å². The van der Waals surface area contributed by atoms with Crippen LogP contribution in [-0.4, -0.2) is 71.6 Å². The summed E-state index contributed by atoms with van der Waals surface area (Å²) in [6.45, 7) is 8.17. The highest BCUT2D eigenvalue weighted by Crippen LogP contribution is 2.32. The number of rotatable bonds is 5. The standard InChI is InChI=1S/C28H32N4O5S/c1-28(2,3)37-27(34)24-20-15-18(17-31-11-13-32(14-12-31)38(4,35)36)9-10-23(20)29-25(24)21-16-19-7-5-6-8-22(19)30-26(21)33/h5-10,15-16,29H,11-14,17H2,1-4H3,(H,30,33). The van der Waals surface area contributed by atoms with Gasteiger partial charge in [0.25, 0.3) is 5.56 Å². The summed E-state index contributed by atoms with van der Waals surface area (Å²) in [6, 6.07) is 15.1. The molecule has 38 heavy (non-hydrogen) atoms. The number of aromatic nitrogens is 2. The third-order valence-electron chi connectivity index (χ3n) is 6.70. The van der Waals surface area contributed by atoms with Gasteiger partial charge in [-0.25, -0.2) is 13.2 Å². The van der Waals surface area contributed by atoms with Gasteiger partial charge in [0.15, 0.2) is 0 Å². The molecule has 4 aromatic rings. The maximum atomic E-state index is 13.5. The Morgan fingerprint density at radius 3 is 2.37 bits per heavy atom. The van der Waals surface area contributed by atoms with Crippen molar-refractivity contribution in [3.05, 3.63) is 70.0 Å². The molecule has 1 saturated heterocycles. The number of ether oxygens (including phenoxy) is 1. The summed E-state index contributed by atoms with van der Waals surface area (Å²) < 4.78 is 31.0. The number of benzene rings is 2. The Bertz CT molecular complexity index is 1690. The Hall–Kier alpha value is -3.47. The molecule has 0 saturated carbocycles. The lowest BCUT2D eigenvalue weighted by Crippen LogP contribution is -2.47. The third kappa shape index (κ3) is 5.38. The zero-order chi connectivity index (χ0) is 27.2. The van der Waals surface area contributed by atoms with Crippen LogP contribution in [0, 0.1) is 0 Å². The van der Waals surface area contributed by atoms with Crippen LogP contribution < -0.4 is 5.56 Å². The van der Waals surface area contributed by atoms with E-state index in [0.717, 1.165) is 22.0 Å². The summed E-state index contributed by atoms with van der Waals surface area (Å²) in [5.74, 6) is -0.509. The number of nitrogens with one attached hydrogen (secondary N) is 2. The van der Waals surface area contributed by atoms with Crippen molar-refractivity contribution in [2.45, 2.75) is 32.9 Å². The topological polar surface area (TPSA) is 116 Å². The van der Waals surface area contributed by atoms with Crippen LogP contribution in [-0.2, 0) is 21.3 Å². The molecule has 3 heterocycles. The number of carbonyl (C=O) groups excluding carboxylic acids is 1. The van der Waals surface area contributed by atoms with Crippen molar-refractivity contribution in [3.63, 3.8) is 0 Å². The highest BCUT2D eigenvalue weighted by molar-refractivity contribution is 7.88. The second-order valence-electron chi connectivity index (χ2n) is 10.8. The van der Waals surface area contributed by atoms with Crippen molar-refractivity contribution in [1.82, 2.24) is 19.2 Å². The van der Waals surface area contributed by atoms with E-state index in [9.17, 15) is 18.0 Å². The lowest BCUT2D eigenvalue weighted by Gasteiger charge is -2.33. The first-order chi connectivity index (χ1) is 17.9. The molecule has 0 unspecified atom stereocenters. The molecule has 2 N–H and O–H groups in total. The van der Waals surface area contributed by atoms with Crippen molar-refractivity contribution in [1.29, 1.82) is 0 Å². The number of hydrogen-bond donors (Lipinski definition) is 2. The molecule has 1 fully saturated rings. The molecule has 0 amide bonds. The van der Waals surface area contributed by atoms with Crippen LogP contribution in [0.25, 0.3) is 33.1 Å². The third-order valence-corrected chi connectivity index (χ3v) is 8.00. The number of hydrogen-bond acceptors (Lipinski definition) is 6. The Balaban J connectivity index is 1.56. The van der Waals surface area contributed by atoms with Crippen LogP contribution in [0.2, 0.25) is 0 Å². The van der Waals surface area contributed by atoms with Crippen LogP contribution in [0.5, 0.6) is 0 Å². The van der Waals surface area contributed by atoms with Gasteiger partial charge in [-0.15, -0.1) is 0 Å². The molecular formula is C28H32N4O5S. The zero-order valence-electron chi connectivity index (χ0n) is 22.0. The van der Waals surface area contributed by atoms with E-state index in [1.807, 2.05) is 63.2 Å². The number of esters is 1. The first-order valence-electron chi connectivity index (χ1n) is 12.6. The van der Waals surface area contributed by atoms with E-state index >= 15 is 0 Å². The molecule has 0 radical (unpaired) electrons. The molecule has 200 valence electrons. The molecule has 9 nitrogen and oxygen atoms in total. The Kier molecular flexibility index (Phi) is 6.66. The maximum Gasteiger partial charge on any atom is 0.341 e. The number of fused-ring (bicyclic) bond motifs is 2. The van der Waals surface area contributed by atoms with E-state index in [1.54, 1.807) is 6.07 Å². The summed E-state index contributed by atoms with van der Waals surface area (Å²) in [4.78, 5) is 35.0. The summed E-state index contributed by atoms with van der Waals surface area (Å²) in [6.07, 6.45) is 1.24. The molecule has 2 aromatic carbocycles. The van der Waals surface area contributed by atoms with Crippen molar-refractivity contribution >= 4 is 37.8 Å². The fourth-order valence-corrected chi connectivity index (χ4v) is 5.72. The quantitative estimate of drug-likeness (QED) is 0.376. The number of carbonyl (C=O) groups is 1. The van der Waals surface area contributed by atoms with Crippen LogP contribution in [0.1, 0.15) is 36.7 Å². The van der Waals surface area contributed by atoms with Crippen molar-refractivity contribution < 1.29 is 17.9 Å². The Morgan fingerprint density at radius 2 is 1.68 bits per heavy atom. The highest BCUT2D eigenvalue weighted by Gasteiger charge is 2.27. The number of aromatic amines is 2. The van der Waals surface area contributed by atoms with Crippen molar-refractivity contribution in [3.8, 4) is 11.3 Å². The number of piperazine rings is 1. The summed E-state index contributed by atoms with van der Waals surface area (Å²) in [5, 5.41) is 1.53. The number of para-hydroxylation sites is 1. The van der Waals surface area contributed by atoms with Gasteiger partial charge in [0.1, 0.15) is 5.60 Å². The number of nitrogens with zero attached hydrogens (tertiary/aromatic N) is 2. The van der Waals surface area contributed by atoms with Gasteiger partial charge in [-0.3, -0.25) is 9.69 Å². The summed E-state index contributed by atoms with van der Waals surface area (Å²) in [5.41, 5.74) is 2.49. The minimum Gasteiger partial charge on any atom is -0.456 e. The molecule has 2 aromatic heterocycles. The fourth-order valence-electron chi connectivity index (χ4n) is 4.89. The average Bonchev–Trinajstić information content (AvgIpc) is 3.21. The summed E-state index contributed by atoms with van der Waals surface area (Å²) >= 11 is 0. The van der Waals surface area contributed by atoms with E-state index in [2.05, 4.69) is 14.9 Å². The Morgan fingerprint density at radius 1 is 0.974 bits per heavy atom. The SMILES string of the molecule is CC(C)(C)OC(=O)c1c(-c2cc3ccccc3[nH]c2=O)[nH]c2ccc(CN3CCN(S(C)(=O)=O)CC3)cc12. The van der Waals surface area contributed by atoms with Gasteiger partial charge in [0.05, 0.1) is 23.1 Å². The van der Waals surface area contributed by atoms with Gasteiger partial charge in [0.2, 0.25) is 10.0 Å². The Labute approximate surface area is 221 Å². The normalized spacial score (nSPS) is 15.8. The number of H-pyrrole nitrogens is 2. The molecule has 5 rings (SSSR count). The van der Waals surface area contributed by atoms with E-state index in [-0.39, 0.29) is 5.56 Å². The van der Waals surface area contributed by atoms with Gasteiger partial charge in [-0.05, 0) is 56.0 Å². The maximum absolute atomic E-state index is 13.5. The second-order valence-corrected chi connectivity index (χ2v) is 12.8. The zero-order valence-corrected chi connectivity index (χ0v) is 22.8. The first-order valence-corrected chi connectivity index (χ1v) is 14.4. The molecule has 1 aliphatic heterocycles. The molecular weight excluding hydrogens is 504 g/mol. The van der Waals surface area contributed by atoms with E-state index in [1.165, 1.54) is 10.6 Å². The minimum atomic E-state index is -3.20. The highest BCUT2D eigenvalue weighted by atomic mass is 32.2. The predicted octanol–water partition coefficient (Wildman–Crippen LogP) is 3.71. The lowest BCUT2D eigenvalue weighted by molar-refractivity contribution is 0.00728. The van der Waals surface area contributed by atoms with E-state index < -0.39 is 21.6 Å². The van der Waals surface area contributed by atoms with Crippen LogP contribution in [0.3, 0.4) is 0 Å². The predicted molar refractivity (Wildman–Crippen MR) is 149 cm³/mol. The van der Waals surface area contributed by atoms with Gasteiger partial charge >= 0.3 is 5.97 Å². The van der Waals surface area contributed by atoms with Gasteiger partial charge < -0.3 is 14.7 Å². The van der Waals surface area contributed by atoms with Crippen LogP contribution >= 0.6 is 0 Å². The molecule has 0 atom stereocenters. The molecule has 1 aliphatic rings. The van der Waals surface area contributed by atoms with Gasteiger partial charge in [0, 0.05) is 49.1 Å². The fraction of sp³-hybridized carbons (Fsp3) is 0.357. The van der Waals surface area contributed by atoms with Gasteiger partial charge in [-0.1, -0.05) is 24.3 Å². The van der Waals surface area contributed by atoms with Crippen molar-refractivity contribution in [2.24, 2.45) is 0 Å².